The number of hydrogen-bond acceptors (Lipinski definition) is 4. The normalized spacial score (nSPS) is 16.2. The second kappa shape index (κ2) is 8.05. The molecule has 1 fully saturated rings. The summed E-state index contributed by atoms with van der Waals surface area (Å²) in [6.45, 7) is 3.90. The van der Waals surface area contributed by atoms with Crippen LogP contribution in [0.5, 0.6) is 0 Å². The highest BCUT2D eigenvalue weighted by atomic mass is 16.2. The number of carbonyl (C=O) groups is 1. The zero-order valence-electron chi connectivity index (χ0n) is 14.8. The van der Waals surface area contributed by atoms with E-state index in [0.29, 0.717) is 11.9 Å². The van der Waals surface area contributed by atoms with Crippen LogP contribution < -0.4 is 10.6 Å². The summed E-state index contributed by atoms with van der Waals surface area (Å²) in [5, 5.41) is 6.08. The Bertz CT molecular complexity index is 713. The third-order valence-corrected chi connectivity index (χ3v) is 4.71. The molecule has 25 heavy (non-hydrogen) atoms. The molecule has 1 aliphatic carbocycles. The smallest absolute Gasteiger partial charge is 0.315 e. The van der Waals surface area contributed by atoms with E-state index in [1.54, 1.807) is 18.6 Å². The summed E-state index contributed by atoms with van der Waals surface area (Å²) < 4.78 is 0. The zero-order chi connectivity index (χ0) is 17.6. The van der Waals surface area contributed by atoms with Crippen molar-refractivity contribution in [3.05, 3.63) is 42.0 Å². The van der Waals surface area contributed by atoms with E-state index >= 15 is 0 Å². The van der Waals surface area contributed by atoms with Gasteiger partial charge in [0.25, 0.3) is 0 Å². The highest BCUT2D eigenvalue weighted by Crippen LogP contribution is 2.20. The van der Waals surface area contributed by atoms with Crippen molar-refractivity contribution in [1.82, 2.24) is 25.6 Å². The van der Waals surface area contributed by atoms with Gasteiger partial charge in [-0.25, -0.2) is 14.8 Å². The average molecular weight is 339 g/mol. The Labute approximate surface area is 148 Å². The van der Waals surface area contributed by atoms with E-state index < -0.39 is 0 Å². The lowest BCUT2D eigenvalue weighted by Gasteiger charge is -2.24. The Morgan fingerprint density at radius 2 is 1.92 bits per heavy atom. The van der Waals surface area contributed by atoms with Crippen LogP contribution in [0.2, 0.25) is 0 Å². The summed E-state index contributed by atoms with van der Waals surface area (Å²) in [6.07, 6.45) is 11.1. The van der Waals surface area contributed by atoms with Gasteiger partial charge in [0.05, 0.1) is 6.04 Å². The lowest BCUT2D eigenvalue weighted by atomic mass is 9.96. The van der Waals surface area contributed by atoms with E-state index in [9.17, 15) is 4.79 Å². The molecule has 2 aromatic heterocycles. The molecule has 0 spiro atoms. The van der Waals surface area contributed by atoms with Gasteiger partial charge in [0, 0.05) is 41.5 Å². The van der Waals surface area contributed by atoms with Crippen molar-refractivity contribution >= 4 is 6.03 Å². The maximum absolute atomic E-state index is 12.2. The second-order valence-corrected chi connectivity index (χ2v) is 6.64. The van der Waals surface area contributed by atoms with E-state index in [2.05, 4.69) is 25.6 Å². The molecular formula is C19H25N5O. The van der Waals surface area contributed by atoms with Gasteiger partial charge < -0.3 is 10.6 Å². The Morgan fingerprint density at radius 1 is 1.20 bits per heavy atom. The van der Waals surface area contributed by atoms with Crippen molar-refractivity contribution in [1.29, 1.82) is 0 Å². The summed E-state index contributed by atoms with van der Waals surface area (Å²) in [4.78, 5) is 25.3. The summed E-state index contributed by atoms with van der Waals surface area (Å²) in [7, 11) is 0. The lowest BCUT2D eigenvalue weighted by molar-refractivity contribution is 0.229. The van der Waals surface area contributed by atoms with Crippen molar-refractivity contribution in [3.8, 4) is 11.4 Å². The minimum Gasteiger partial charge on any atom is -0.335 e. The van der Waals surface area contributed by atoms with Gasteiger partial charge in [-0.3, -0.25) is 4.98 Å². The maximum atomic E-state index is 12.2. The number of carbonyl (C=O) groups excluding carboxylic acids is 1. The molecule has 132 valence electrons. The van der Waals surface area contributed by atoms with Gasteiger partial charge in [-0.2, -0.15) is 0 Å². The molecule has 2 amide bonds. The first-order valence-corrected chi connectivity index (χ1v) is 8.94. The highest BCUT2D eigenvalue weighted by Gasteiger charge is 2.18. The fourth-order valence-electron chi connectivity index (χ4n) is 3.29. The van der Waals surface area contributed by atoms with Crippen molar-refractivity contribution in [3.63, 3.8) is 0 Å². The Balaban J connectivity index is 1.63. The Kier molecular flexibility index (Phi) is 5.58. The van der Waals surface area contributed by atoms with Crippen LogP contribution in [0.15, 0.2) is 30.7 Å². The van der Waals surface area contributed by atoms with Gasteiger partial charge in [-0.05, 0) is 38.8 Å². The second-order valence-electron chi connectivity index (χ2n) is 6.64. The van der Waals surface area contributed by atoms with Crippen LogP contribution in [0.3, 0.4) is 0 Å². The van der Waals surface area contributed by atoms with Gasteiger partial charge in [-0.1, -0.05) is 19.3 Å². The first-order valence-electron chi connectivity index (χ1n) is 8.94. The fourth-order valence-corrected chi connectivity index (χ4v) is 3.29. The maximum Gasteiger partial charge on any atom is 0.315 e. The van der Waals surface area contributed by atoms with Crippen LogP contribution in [0.25, 0.3) is 11.4 Å². The molecule has 0 aliphatic heterocycles. The van der Waals surface area contributed by atoms with Gasteiger partial charge in [-0.15, -0.1) is 0 Å². The van der Waals surface area contributed by atoms with E-state index in [4.69, 9.17) is 0 Å². The molecule has 1 atom stereocenters. The molecule has 0 saturated heterocycles. The molecule has 0 radical (unpaired) electrons. The molecule has 2 aromatic rings. The van der Waals surface area contributed by atoms with Crippen LogP contribution in [-0.2, 0) is 0 Å². The molecule has 6 heteroatoms. The highest BCUT2D eigenvalue weighted by molar-refractivity contribution is 5.74. The number of aryl methyl sites for hydroxylation is 1. The minimum atomic E-state index is -0.143. The van der Waals surface area contributed by atoms with Crippen LogP contribution in [0, 0.1) is 6.92 Å². The van der Waals surface area contributed by atoms with E-state index in [1.807, 2.05) is 26.0 Å². The molecule has 2 heterocycles. The van der Waals surface area contributed by atoms with E-state index in [1.165, 1.54) is 19.3 Å². The number of rotatable bonds is 4. The van der Waals surface area contributed by atoms with Crippen LogP contribution in [-0.4, -0.2) is 27.0 Å². The van der Waals surface area contributed by atoms with Crippen molar-refractivity contribution in [2.24, 2.45) is 0 Å². The number of aromatic nitrogens is 3. The Hall–Kier alpha value is -2.50. The molecule has 1 aliphatic rings. The van der Waals surface area contributed by atoms with Gasteiger partial charge in [0.1, 0.15) is 0 Å². The van der Waals surface area contributed by atoms with Crippen LogP contribution in [0.4, 0.5) is 4.79 Å². The predicted octanol–water partition coefficient (Wildman–Crippen LogP) is 3.54. The van der Waals surface area contributed by atoms with Crippen molar-refractivity contribution in [2.75, 3.05) is 0 Å². The number of nitrogens with one attached hydrogen (secondary N) is 2. The molecule has 6 nitrogen and oxygen atoms in total. The molecule has 1 unspecified atom stereocenters. The molecule has 2 N–H and O–H groups in total. The number of amides is 2. The lowest BCUT2D eigenvalue weighted by Crippen LogP contribution is -2.43. The van der Waals surface area contributed by atoms with Gasteiger partial charge in [0.2, 0.25) is 0 Å². The van der Waals surface area contributed by atoms with Crippen LogP contribution >= 0.6 is 0 Å². The average Bonchev–Trinajstić information content (AvgIpc) is 2.63. The number of hydrogen-bond donors (Lipinski definition) is 2. The van der Waals surface area contributed by atoms with Crippen molar-refractivity contribution in [2.45, 2.75) is 58.0 Å². The first-order chi connectivity index (χ1) is 12.1. The van der Waals surface area contributed by atoms with E-state index in [0.717, 1.165) is 29.7 Å². The standard InChI is InChI=1S/C19H25N5O/c1-13-17(12-21-18(22-13)15-8-10-20-11-9-15)14(2)23-19(25)24-16-6-4-3-5-7-16/h8-12,14,16H,3-7H2,1-2H3,(H2,23,24,25). The van der Waals surface area contributed by atoms with E-state index in [-0.39, 0.29) is 12.1 Å². The fraction of sp³-hybridized carbons (Fsp3) is 0.474. The largest absolute Gasteiger partial charge is 0.335 e. The topological polar surface area (TPSA) is 79.8 Å². The minimum absolute atomic E-state index is 0.114. The summed E-state index contributed by atoms with van der Waals surface area (Å²) in [5.41, 5.74) is 2.73. The molecular weight excluding hydrogens is 314 g/mol. The van der Waals surface area contributed by atoms with Crippen molar-refractivity contribution < 1.29 is 4.79 Å². The Morgan fingerprint density at radius 3 is 2.60 bits per heavy atom. The predicted molar refractivity (Wildman–Crippen MR) is 97.0 cm³/mol. The monoisotopic (exact) mass is 339 g/mol. The number of urea groups is 1. The molecule has 1 saturated carbocycles. The molecule has 0 aromatic carbocycles. The molecule has 0 bridgehead atoms. The van der Waals surface area contributed by atoms with Gasteiger partial charge in [0.15, 0.2) is 5.82 Å². The third-order valence-electron chi connectivity index (χ3n) is 4.71. The zero-order valence-corrected chi connectivity index (χ0v) is 14.8. The van der Waals surface area contributed by atoms with Crippen LogP contribution in [0.1, 0.15) is 56.3 Å². The quantitative estimate of drug-likeness (QED) is 0.893. The number of nitrogens with zero attached hydrogens (tertiary/aromatic N) is 3. The molecule has 3 rings (SSSR count). The SMILES string of the molecule is Cc1nc(-c2ccncc2)ncc1C(C)NC(=O)NC1CCCCC1. The first kappa shape index (κ1) is 17.3. The summed E-state index contributed by atoms with van der Waals surface area (Å²) >= 11 is 0. The summed E-state index contributed by atoms with van der Waals surface area (Å²) in [6, 6.07) is 3.81. The number of pyridine rings is 1. The summed E-state index contributed by atoms with van der Waals surface area (Å²) in [5.74, 6) is 0.669. The third kappa shape index (κ3) is 4.53. The van der Waals surface area contributed by atoms with Gasteiger partial charge >= 0.3 is 6.03 Å².